The summed E-state index contributed by atoms with van der Waals surface area (Å²) < 4.78 is 32.6. The fraction of sp³-hybridized carbons (Fsp3) is 0.368. The molecule has 1 atom stereocenters. The van der Waals surface area contributed by atoms with E-state index < -0.39 is 10.0 Å². The fourth-order valence-electron chi connectivity index (χ4n) is 2.97. The van der Waals surface area contributed by atoms with E-state index in [0.29, 0.717) is 19.7 Å². The van der Waals surface area contributed by atoms with Crippen LogP contribution in [0, 0.1) is 0 Å². The van der Waals surface area contributed by atoms with Crippen molar-refractivity contribution in [3.8, 4) is 0 Å². The zero-order valence-corrected chi connectivity index (χ0v) is 14.5. The number of hydrogen-bond donors (Lipinski definition) is 0. The number of ether oxygens (including phenoxy) is 1. The molecule has 1 aliphatic heterocycles. The molecule has 0 amide bonds. The van der Waals surface area contributed by atoms with Crippen LogP contribution in [-0.4, -0.2) is 38.5 Å². The lowest BCUT2D eigenvalue weighted by Crippen LogP contribution is -2.46. The monoisotopic (exact) mass is 345 g/mol. The standard InChI is InChI=1S/C19H23NO3S/c21-24(22,16-18-9-5-2-6-10-18)20-13-14-23-19(15-20)12-11-17-7-3-1-4-8-17/h1-10,19H,11-16H2. The molecule has 5 heteroatoms. The molecule has 2 aromatic carbocycles. The minimum Gasteiger partial charge on any atom is -0.375 e. The number of nitrogens with zero attached hydrogens (tertiary/aromatic N) is 1. The molecule has 0 spiro atoms. The molecule has 2 aromatic rings. The number of rotatable bonds is 6. The van der Waals surface area contributed by atoms with Crippen LogP contribution < -0.4 is 0 Å². The van der Waals surface area contributed by atoms with Gasteiger partial charge in [-0.25, -0.2) is 8.42 Å². The first-order chi connectivity index (χ1) is 11.6. The second-order valence-corrected chi connectivity index (χ2v) is 8.09. The highest BCUT2D eigenvalue weighted by Crippen LogP contribution is 2.18. The van der Waals surface area contributed by atoms with Gasteiger partial charge >= 0.3 is 0 Å². The second kappa shape index (κ2) is 7.92. The molecular formula is C19H23NO3S. The Balaban J connectivity index is 1.58. The summed E-state index contributed by atoms with van der Waals surface area (Å²) in [5, 5.41) is 0. The van der Waals surface area contributed by atoms with Crippen LogP contribution in [0.15, 0.2) is 60.7 Å². The fourth-order valence-corrected chi connectivity index (χ4v) is 4.51. The van der Waals surface area contributed by atoms with Gasteiger partial charge in [0.05, 0.1) is 18.5 Å². The van der Waals surface area contributed by atoms with Gasteiger partial charge in [0.2, 0.25) is 10.0 Å². The zero-order chi connectivity index (χ0) is 16.8. The molecule has 128 valence electrons. The van der Waals surface area contributed by atoms with Gasteiger partial charge in [-0.3, -0.25) is 0 Å². The lowest BCUT2D eigenvalue weighted by molar-refractivity contribution is -0.00530. The first kappa shape index (κ1) is 17.1. The Morgan fingerprint density at radius 1 is 0.958 bits per heavy atom. The maximum Gasteiger partial charge on any atom is 0.218 e. The van der Waals surface area contributed by atoms with Crippen molar-refractivity contribution in [2.75, 3.05) is 19.7 Å². The van der Waals surface area contributed by atoms with Crippen molar-refractivity contribution in [1.29, 1.82) is 0 Å². The molecule has 3 rings (SSSR count). The Hall–Kier alpha value is -1.69. The Labute approximate surface area is 144 Å². The first-order valence-corrected chi connectivity index (χ1v) is 9.92. The van der Waals surface area contributed by atoms with Crippen LogP contribution in [-0.2, 0) is 26.9 Å². The van der Waals surface area contributed by atoms with E-state index in [-0.39, 0.29) is 11.9 Å². The Morgan fingerprint density at radius 2 is 1.58 bits per heavy atom. The highest BCUT2D eigenvalue weighted by atomic mass is 32.2. The van der Waals surface area contributed by atoms with Crippen LogP contribution in [0.2, 0.25) is 0 Å². The molecule has 0 radical (unpaired) electrons. The highest BCUT2D eigenvalue weighted by Gasteiger charge is 2.29. The second-order valence-electron chi connectivity index (χ2n) is 6.12. The van der Waals surface area contributed by atoms with Crippen molar-refractivity contribution in [3.63, 3.8) is 0 Å². The lowest BCUT2D eigenvalue weighted by Gasteiger charge is -2.32. The van der Waals surface area contributed by atoms with E-state index in [2.05, 4.69) is 12.1 Å². The molecule has 0 aliphatic carbocycles. The SMILES string of the molecule is O=S(=O)(Cc1ccccc1)N1CCOC(CCc2ccccc2)C1. The summed E-state index contributed by atoms with van der Waals surface area (Å²) >= 11 is 0. The third kappa shape index (κ3) is 4.66. The van der Waals surface area contributed by atoms with Crippen molar-refractivity contribution in [3.05, 3.63) is 71.8 Å². The average molecular weight is 345 g/mol. The predicted molar refractivity (Wildman–Crippen MR) is 95.1 cm³/mol. The lowest BCUT2D eigenvalue weighted by atomic mass is 10.1. The molecule has 1 heterocycles. The van der Waals surface area contributed by atoms with Crippen molar-refractivity contribution >= 4 is 10.0 Å². The molecule has 4 nitrogen and oxygen atoms in total. The van der Waals surface area contributed by atoms with Crippen molar-refractivity contribution in [2.45, 2.75) is 24.7 Å². The van der Waals surface area contributed by atoms with Crippen molar-refractivity contribution in [2.24, 2.45) is 0 Å². The number of hydrogen-bond acceptors (Lipinski definition) is 3. The van der Waals surface area contributed by atoms with Gasteiger partial charge in [-0.15, -0.1) is 0 Å². The van der Waals surface area contributed by atoms with Gasteiger partial charge in [0.25, 0.3) is 0 Å². The summed E-state index contributed by atoms with van der Waals surface area (Å²) in [5.74, 6) is 0.0548. The summed E-state index contributed by atoms with van der Waals surface area (Å²) in [6, 6.07) is 19.6. The average Bonchev–Trinajstić information content (AvgIpc) is 2.62. The van der Waals surface area contributed by atoms with E-state index in [0.717, 1.165) is 18.4 Å². The van der Waals surface area contributed by atoms with Crippen molar-refractivity contribution < 1.29 is 13.2 Å². The maximum atomic E-state index is 12.6. The molecule has 1 saturated heterocycles. The van der Waals surface area contributed by atoms with Crippen LogP contribution >= 0.6 is 0 Å². The molecule has 0 bridgehead atoms. The molecule has 0 N–H and O–H groups in total. The highest BCUT2D eigenvalue weighted by molar-refractivity contribution is 7.88. The Morgan fingerprint density at radius 3 is 2.25 bits per heavy atom. The summed E-state index contributed by atoms with van der Waals surface area (Å²) in [4.78, 5) is 0. The van der Waals surface area contributed by atoms with Gasteiger partial charge in [0.1, 0.15) is 0 Å². The van der Waals surface area contributed by atoms with E-state index in [1.54, 1.807) is 4.31 Å². The van der Waals surface area contributed by atoms with Crippen LogP contribution in [0.5, 0.6) is 0 Å². The number of sulfonamides is 1. The third-order valence-corrected chi connectivity index (χ3v) is 6.10. The molecule has 24 heavy (non-hydrogen) atoms. The van der Waals surface area contributed by atoms with Gasteiger partial charge in [0, 0.05) is 13.1 Å². The number of morpholine rings is 1. The van der Waals surface area contributed by atoms with Gasteiger partial charge in [-0.05, 0) is 24.0 Å². The van der Waals surface area contributed by atoms with Gasteiger partial charge in [-0.1, -0.05) is 60.7 Å². The minimum absolute atomic E-state index is 0.0375. The number of aryl methyl sites for hydroxylation is 1. The minimum atomic E-state index is -3.30. The van der Waals surface area contributed by atoms with Crippen LogP contribution in [0.25, 0.3) is 0 Å². The molecule has 1 fully saturated rings. The van der Waals surface area contributed by atoms with Gasteiger partial charge in [0.15, 0.2) is 0 Å². The topological polar surface area (TPSA) is 46.6 Å². The predicted octanol–water partition coefficient (Wildman–Crippen LogP) is 2.85. The van der Waals surface area contributed by atoms with Crippen LogP contribution in [0.1, 0.15) is 17.5 Å². The van der Waals surface area contributed by atoms with Crippen LogP contribution in [0.3, 0.4) is 0 Å². The van der Waals surface area contributed by atoms with Gasteiger partial charge in [-0.2, -0.15) is 4.31 Å². The van der Waals surface area contributed by atoms with Crippen molar-refractivity contribution in [1.82, 2.24) is 4.31 Å². The molecule has 0 aromatic heterocycles. The maximum absolute atomic E-state index is 12.6. The van der Waals surface area contributed by atoms with E-state index in [1.807, 2.05) is 48.5 Å². The normalized spacial score (nSPS) is 19.2. The quantitative estimate of drug-likeness (QED) is 0.809. The molecule has 0 saturated carbocycles. The molecule has 1 unspecified atom stereocenters. The zero-order valence-electron chi connectivity index (χ0n) is 13.7. The smallest absolute Gasteiger partial charge is 0.218 e. The largest absolute Gasteiger partial charge is 0.375 e. The van der Waals surface area contributed by atoms with E-state index >= 15 is 0 Å². The summed E-state index contributed by atoms with van der Waals surface area (Å²) in [7, 11) is -3.30. The first-order valence-electron chi connectivity index (χ1n) is 8.31. The van der Waals surface area contributed by atoms with Gasteiger partial charge < -0.3 is 4.74 Å². The Bertz CT molecular complexity index is 732. The number of benzene rings is 2. The molecule has 1 aliphatic rings. The summed E-state index contributed by atoms with van der Waals surface area (Å²) in [5.41, 5.74) is 2.08. The van der Waals surface area contributed by atoms with E-state index in [4.69, 9.17) is 4.74 Å². The molecular weight excluding hydrogens is 322 g/mol. The summed E-state index contributed by atoms with van der Waals surface area (Å²) in [6.07, 6.45) is 1.70. The van der Waals surface area contributed by atoms with Crippen LogP contribution in [0.4, 0.5) is 0 Å². The summed E-state index contributed by atoms with van der Waals surface area (Å²) in [6.45, 7) is 1.35. The van der Waals surface area contributed by atoms with E-state index in [9.17, 15) is 8.42 Å². The Kier molecular flexibility index (Phi) is 5.66. The van der Waals surface area contributed by atoms with E-state index in [1.165, 1.54) is 5.56 Å². The third-order valence-electron chi connectivity index (χ3n) is 4.28.